The van der Waals surface area contributed by atoms with Gasteiger partial charge in [0.25, 0.3) is 5.91 Å². The number of aryl methyl sites for hydroxylation is 1. The summed E-state index contributed by atoms with van der Waals surface area (Å²) in [6.07, 6.45) is 0. The van der Waals surface area contributed by atoms with Crippen molar-refractivity contribution in [3.05, 3.63) is 46.8 Å². The minimum Gasteiger partial charge on any atom is -0.495 e. The standard InChI is InChI=1S/C20H22N2O3S2/c1-12(2)26-14-8-6-7-13(11-14)19(23)21-20-22(3)17-15(24-4)9-10-16(25-5)18(17)27-20/h6-12H,1-5H3. The van der Waals surface area contributed by atoms with Gasteiger partial charge < -0.3 is 14.0 Å². The Kier molecular flexibility index (Phi) is 5.92. The second kappa shape index (κ2) is 8.19. The number of carbonyl (C=O) groups excluding carboxylic acids is 1. The van der Waals surface area contributed by atoms with Gasteiger partial charge in [0.05, 0.1) is 14.2 Å². The van der Waals surface area contributed by atoms with Crippen molar-refractivity contribution in [3.8, 4) is 11.5 Å². The van der Waals surface area contributed by atoms with E-state index in [1.807, 2.05) is 41.9 Å². The summed E-state index contributed by atoms with van der Waals surface area (Å²) in [5, 5.41) is 0.451. The third kappa shape index (κ3) is 4.04. The summed E-state index contributed by atoms with van der Waals surface area (Å²) >= 11 is 3.13. The highest BCUT2D eigenvalue weighted by Crippen LogP contribution is 2.34. The first kappa shape index (κ1) is 19.5. The molecule has 0 aliphatic carbocycles. The second-order valence-corrected chi connectivity index (χ2v) is 8.83. The summed E-state index contributed by atoms with van der Waals surface area (Å²) in [4.78, 5) is 18.8. The number of aromatic nitrogens is 1. The summed E-state index contributed by atoms with van der Waals surface area (Å²) in [6, 6.07) is 11.3. The van der Waals surface area contributed by atoms with Gasteiger partial charge in [0.15, 0.2) is 4.80 Å². The van der Waals surface area contributed by atoms with Crippen LogP contribution in [0.2, 0.25) is 0 Å². The molecule has 0 bridgehead atoms. The highest BCUT2D eigenvalue weighted by Gasteiger charge is 2.15. The molecule has 0 saturated heterocycles. The van der Waals surface area contributed by atoms with Gasteiger partial charge >= 0.3 is 0 Å². The molecule has 1 amide bonds. The maximum absolute atomic E-state index is 12.7. The summed E-state index contributed by atoms with van der Waals surface area (Å²) < 4.78 is 13.7. The topological polar surface area (TPSA) is 52.8 Å². The molecule has 0 spiro atoms. The molecule has 0 atom stereocenters. The van der Waals surface area contributed by atoms with Crippen molar-refractivity contribution in [3.63, 3.8) is 0 Å². The average molecular weight is 403 g/mol. The van der Waals surface area contributed by atoms with Crippen LogP contribution in [0.3, 0.4) is 0 Å². The number of thioether (sulfide) groups is 1. The summed E-state index contributed by atoms with van der Waals surface area (Å²) in [5.74, 6) is 1.19. The SMILES string of the molecule is COc1ccc(OC)c2c1sc(=NC(=O)c1cccc(SC(C)C)c1)n2C. The molecule has 0 unspecified atom stereocenters. The van der Waals surface area contributed by atoms with Crippen LogP contribution in [0.25, 0.3) is 10.2 Å². The van der Waals surface area contributed by atoms with Gasteiger partial charge in [0.1, 0.15) is 21.7 Å². The largest absolute Gasteiger partial charge is 0.495 e. The normalized spacial score (nSPS) is 12.0. The number of fused-ring (bicyclic) bond motifs is 1. The lowest BCUT2D eigenvalue weighted by Crippen LogP contribution is -2.13. The molecule has 27 heavy (non-hydrogen) atoms. The average Bonchev–Trinajstić information content (AvgIpc) is 2.97. The molecular formula is C20H22N2O3S2. The number of hydrogen-bond acceptors (Lipinski definition) is 5. The quantitative estimate of drug-likeness (QED) is 0.590. The Morgan fingerprint density at radius 2 is 1.85 bits per heavy atom. The van der Waals surface area contributed by atoms with Crippen molar-refractivity contribution in [2.75, 3.05) is 14.2 Å². The molecule has 0 saturated carbocycles. The Bertz CT molecular complexity index is 1050. The first-order chi connectivity index (χ1) is 12.9. The number of carbonyl (C=O) groups is 1. The van der Waals surface area contributed by atoms with E-state index in [1.165, 1.54) is 11.3 Å². The Balaban J connectivity index is 2.08. The number of rotatable bonds is 5. The number of methoxy groups -OCH3 is 2. The molecule has 3 rings (SSSR count). The Hall–Kier alpha value is -2.25. The predicted octanol–water partition coefficient (Wildman–Crippen LogP) is 4.50. The predicted molar refractivity (Wildman–Crippen MR) is 111 cm³/mol. The van der Waals surface area contributed by atoms with Gasteiger partial charge in [0, 0.05) is 22.8 Å². The van der Waals surface area contributed by atoms with Gasteiger partial charge in [-0.1, -0.05) is 31.3 Å². The van der Waals surface area contributed by atoms with Crippen LogP contribution in [0.4, 0.5) is 0 Å². The molecule has 5 nitrogen and oxygen atoms in total. The fourth-order valence-electron chi connectivity index (χ4n) is 2.76. The Morgan fingerprint density at radius 3 is 2.52 bits per heavy atom. The van der Waals surface area contributed by atoms with E-state index in [0.29, 0.717) is 21.4 Å². The molecule has 1 aromatic heterocycles. The molecule has 0 radical (unpaired) electrons. The maximum Gasteiger partial charge on any atom is 0.279 e. The molecule has 1 heterocycles. The monoisotopic (exact) mass is 402 g/mol. The number of ether oxygens (including phenoxy) is 2. The fraction of sp³-hybridized carbons (Fsp3) is 0.300. The lowest BCUT2D eigenvalue weighted by atomic mass is 10.2. The van der Waals surface area contributed by atoms with E-state index in [0.717, 1.165) is 20.9 Å². The second-order valence-electron chi connectivity index (χ2n) is 6.20. The van der Waals surface area contributed by atoms with Gasteiger partial charge in [-0.25, -0.2) is 0 Å². The Morgan fingerprint density at radius 1 is 1.15 bits per heavy atom. The van der Waals surface area contributed by atoms with E-state index in [1.54, 1.807) is 32.0 Å². The summed E-state index contributed by atoms with van der Waals surface area (Å²) in [7, 11) is 5.12. The molecule has 0 fully saturated rings. The van der Waals surface area contributed by atoms with E-state index in [-0.39, 0.29) is 5.91 Å². The van der Waals surface area contributed by atoms with Crippen LogP contribution < -0.4 is 14.3 Å². The van der Waals surface area contributed by atoms with Crippen LogP contribution in [-0.4, -0.2) is 29.9 Å². The first-order valence-corrected chi connectivity index (χ1v) is 10.2. The van der Waals surface area contributed by atoms with E-state index in [4.69, 9.17) is 9.47 Å². The van der Waals surface area contributed by atoms with Crippen LogP contribution in [0.5, 0.6) is 11.5 Å². The van der Waals surface area contributed by atoms with Crippen LogP contribution >= 0.6 is 23.1 Å². The van der Waals surface area contributed by atoms with Gasteiger partial charge in [-0.2, -0.15) is 4.99 Å². The van der Waals surface area contributed by atoms with E-state index in [2.05, 4.69) is 18.8 Å². The molecular weight excluding hydrogens is 380 g/mol. The van der Waals surface area contributed by atoms with Crippen molar-refractivity contribution in [2.45, 2.75) is 24.0 Å². The zero-order valence-corrected chi connectivity index (χ0v) is 17.6. The highest BCUT2D eigenvalue weighted by atomic mass is 32.2. The van der Waals surface area contributed by atoms with Gasteiger partial charge in [-0.15, -0.1) is 11.8 Å². The lowest BCUT2D eigenvalue weighted by molar-refractivity contribution is 0.0997. The third-order valence-corrected chi connectivity index (χ3v) is 6.11. The lowest BCUT2D eigenvalue weighted by Gasteiger charge is -2.06. The first-order valence-electron chi connectivity index (χ1n) is 8.51. The van der Waals surface area contributed by atoms with Gasteiger partial charge in [-0.3, -0.25) is 4.79 Å². The van der Waals surface area contributed by atoms with Crippen molar-refractivity contribution in [1.82, 2.24) is 4.57 Å². The smallest absolute Gasteiger partial charge is 0.279 e. The molecule has 3 aromatic rings. The number of thiazole rings is 1. The molecule has 0 aliphatic heterocycles. The van der Waals surface area contributed by atoms with Crippen molar-refractivity contribution >= 4 is 39.2 Å². The summed E-state index contributed by atoms with van der Waals surface area (Å²) in [6.45, 7) is 4.25. The zero-order valence-electron chi connectivity index (χ0n) is 16.0. The molecule has 0 aliphatic rings. The Labute approximate surface area is 166 Å². The minimum absolute atomic E-state index is 0.263. The van der Waals surface area contributed by atoms with Crippen molar-refractivity contribution in [1.29, 1.82) is 0 Å². The fourth-order valence-corrected chi connectivity index (χ4v) is 4.78. The van der Waals surface area contributed by atoms with Crippen LogP contribution in [0.15, 0.2) is 46.3 Å². The summed E-state index contributed by atoms with van der Waals surface area (Å²) in [5.41, 5.74) is 1.44. The maximum atomic E-state index is 12.7. The molecule has 142 valence electrons. The molecule has 7 heteroatoms. The van der Waals surface area contributed by atoms with E-state index in [9.17, 15) is 4.79 Å². The van der Waals surface area contributed by atoms with Gasteiger partial charge in [0.2, 0.25) is 0 Å². The number of benzene rings is 2. The van der Waals surface area contributed by atoms with Crippen molar-refractivity contribution in [2.24, 2.45) is 12.0 Å². The molecule has 2 aromatic carbocycles. The van der Waals surface area contributed by atoms with E-state index >= 15 is 0 Å². The number of hydrogen-bond donors (Lipinski definition) is 0. The number of nitrogens with zero attached hydrogens (tertiary/aromatic N) is 2. The van der Waals surface area contributed by atoms with Crippen LogP contribution in [0, 0.1) is 0 Å². The van der Waals surface area contributed by atoms with Crippen LogP contribution in [0.1, 0.15) is 24.2 Å². The van der Waals surface area contributed by atoms with Crippen molar-refractivity contribution < 1.29 is 14.3 Å². The van der Waals surface area contributed by atoms with E-state index < -0.39 is 0 Å². The minimum atomic E-state index is -0.263. The van der Waals surface area contributed by atoms with Crippen LogP contribution in [-0.2, 0) is 7.05 Å². The number of amides is 1. The third-order valence-electron chi connectivity index (χ3n) is 3.96. The van der Waals surface area contributed by atoms with Gasteiger partial charge in [-0.05, 0) is 30.3 Å². The zero-order chi connectivity index (χ0) is 19.6. The molecule has 0 N–H and O–H groups in total. The highest BCUT2D eigenvalue weighted by molar-refractivity contribution is 7.99.